The number of anilines is 2. The van der Waals surface area contributed by atoms with Gasteiger partial charge >= 0.3 is 6.01 Å². The van der Waals surface area contributed by atoms with E-state index in [2.05, 4.69) is 25.2 Å². The van der Waals surface area contributed by atoms with Crippen LogP contribution in [-0.4, -0.2) is 53.1 Å². The fourth-order valence-corrected chi connectivity index (χ4v) is 1.51. The zero-order valence-corrected chi connectivity index (χ0v) is 11.5. The molecule has 0 aliphatic heterocycles. The molecule has 7 nitrogen and oxygen atoms in total. The summed E-state index contributed by atoms with van der Waals surface area (Å²) in [6.07, 6.45) is 0.894. The summed E-state index contributed by atoms with van der Waals surface area (Å²) in [6, 6.07) is 0.477. The topological polar surface area (TPSA) is 89.2 Å². The Hall–Kier alpha value is -1.63. The van der Waals surface area contributed by atoms with Gasteiger partial charge in [0.1, 0.15) is 0 Å². The van der Waals surface area contributed by atoms with E-state index in [4.69, 9.17) is 10.5 Å². The number of aromatic nitrogens is 3. The van der Waals surface area contributed by atoms with Crippen molar-refractivity contribution in [2.24, 2.45) is 0 Å². The van der Waals surface area contributed by atoms with E-state index in [1.165, 1.54) is 0 Å². The van der Waals surface area contributed by atoms with E-state index >= 15 is 0 Å². The number of hydrogen-bond donors (Lipinski definition) is 2. The summed E-state index contributed by atoms with van der Waals surface area (Å²) in [5.41, 5.74) is 5.62. The SMILES string of the molecule is CCCOc1nc(N)nc(NC(C)CN(C)C)n1. The van der Waals surface area contributed by atoms with E-state index in [1.54, 1.807) is 0 Å². The van der Waals surface area contributed by atoms with E-state index in [-0.39, 0.29) is 18.0 Å². The molecule has 0 fully saturated rings. The molecule has 1 aromatic rings. The number of ether oxygens (including phenoxy) is 1. The molecule has 1 rings (SSSR count). The quantitative estimate of drug-likeness (QED) is 0.736. The first kappa shape index (κ1) is 14.4. The second-order valence-electron chi connectivity index (χ2n) is 4.46. The average molecular weight is 254 g/mol. The summed E-state index contributed by atoms with van der Waals surface area (Å²) in [6.45, 7) is 5.50. The summed E-state index contributed by atoms with van der Waals surface area (Å²) in [4.78, 5) is 14.2. The standard InChI is InChI=1S/C11H22N6O/c1-5-6-18-11-15-9(12)14-10(16-11)13-8(2)7-17(3)4/h8H,5-7H2,1-4H3,(H3,12,13,14,15,16). The smallest absolute Gasteiger partial charge is 0.323 e. The molecule has 0 aromatic carbocycles. The predicted molar refractivity (Wildman–Crippen MR) is 71.7 cm³/mol. The van der Waals surface area contributed by atoms with Gasteiger partial charge in [0.05, 0.1) is 6.61 Å². The fraction of sp³-hybridized carbons (Fsp3) is 0.727. The lowest BCUT2D eigenvalue weighted by Gasteiger charge is -2.18. The minimum absolute atomic E-state index is 0.163. The van der Waals surface area contributed by atoms with E-state index in [0.717, 1.165) is 13.0 Å². The zero-order valence-electron chi connectivity index (χ0n) is 11.5. The van der Waals surface area contributed by atoms with Gasteiger partial charge < -0.3 is 20.7 Å². The van der Waals surface area contributed by atoms with E-state index < -0.39 is 0 Å². The molecule has 102 valence electrons. The second-order valence-corrected chi connectivity index (χ2v) is 4.46. The normalized spacial score (nSPS) is 12.5. The maximum absolute atomic E-state index is 5.62. The molecule has 0 amide bonds. The molecule has 0 aliphatic rings. The van der Waals surface area contributed by atoms with Gasteiger partial charge in [0.25, 0.3) is 0 Å². The van der Waals surface area contributed by atoms with Crippen LogP contribution in [0.5, 0.6) is 6.01 Å². The monoisotopic (exact) mass is 254 g/mol. The van der Waals surface area contributed by atoms with Crippen molar-refractivity contribution < 1.29 is 4.74 Å². The highest BCUT2D eigenvalue weighted by Crippen LogP contribution is 2.10. The first-order valence-corrected chi connectivity index (χ1v) is 6.07. The Kier molecular flexibility index (Phi) is 5.57. The Morgan fingerprint density at radius 1 is 1.33 bits per heavy atom. The van der Waals surface area contributed by atoms with Crippen molar-refractivity contribution >= 4 is 11.9 Å². The number of likely N-dealkylation sites (N-methyl/N-ethyl adjacent to an activating group) is 1. The largest absolute Gasteiger partial charge is 0.463 e. The van der Waals surface area contributed by atoms with Gasteiger partial charge in [-0.25, -0.2) is 0 Å². The number of nitrogens with one attached hydrogen (secondary N) is 1. The predicted octanol–water partition coefficient (Wildman–Crippen LogP) is 0.605. The molecule has 0 aliphatic carbocycles. The van der Waals surface area contributed by atoms with Gasteiger partial charge in [-0.2, -0.15) is 15.0 Å². The minimum atomic E-state index is 0.163. The highest BCUT2D eigenvalue weighted by Gasteiger charge is 2.09. The van der Waals surface area contributed by atoms with Crippen LogP contribution >= 0.6 is 0 Å². The fourth-order valence-electron chi connectivity index (χ4n) is 1.51. The highest BCUT2D eigenvalue weighted by molar-refractivity contribution is 5.33. The first-order chi connectivity index (χ1) is 8.51. The van der Waals surface area contributed by atoms with Crippen molar-refractivity contribution in [3.8, 4) is 6.01 Å². The first-order valence-electron chi connectivity index (χ1n) is 6.07. The third kappa shape index (κ3) is 5.13. The van der Waals surface area contributed by atoms with E-state index in [1.807, 2.05) is 27.9 Å². The van der Waals surface area contributed by atoms with Crippen LogP contribution in [0.2, 0.25) is 0 Å². The van der Waals surface area contributed by atoms with Crippen LogP contribution in [0.3, 0.4) is 0 Å². The number of nitrogens with zero attached hydrogens (tertiary/aromatic N) is 4. The Morgan fingerprint density at radius 2 is 2.06 bits per heavy atom. The summed E-state index contributed by atoms with van der Waals surface area (Å²) in [5.74, 6) is 0.610. The molecule has 1 unspecified atom stereocenters. The van der Waals surface area contributed by atoms with Gasteiger partial charge in [0.2, 0.25) is 11.9 Å². The van der Waals surface area contributed by atoms with E-state index in [0.29, 0.717) is 12.6 Å². The van der Waals surface area contributed by atoms with Crippen LogP contribution < -0.4 is 15.8 Å². The molecule has 1 atom stereocenters. The molecule has 3 N–H and O–H groups in total. The van der Waals surface area contributed by atoms with Gasteiger partial charge in [0.15, 0.2) is 0 Å². The van der Waals surface area contributed by atoms with Gasteiger partial charge in [-0.1, -0.05) is 6.92 Å². The molecule has 7 heteroatoms. The molecule has 0 spiro atoms. The Morgan fingerprint density at radius 3 is 2.67 bits per heavy atom. The lowest BCUT2D eigenvalue weighted by molar-refractivity contribution is 0.292. The maximum atomic E-state index is 5.62. The minimum Gasteiger partial charge on any atom is -0.463 e. The second kappa shape index (κ2) is 6.95. The molecule has 0 saturated heterocycles. The molecule has 1 heterocycles. The van der Waals surface area contributed by atoms with Crippen LogP contribution in [0.4, 0.5) is 11.9 Å². The van der Waals surface area contributed by atoms with Crippen LogP contribution in [0, 0.1) is 0 Å². The van der Waals surface area contributed by atoms with Crippen LogP contribution in [0.15, 0.2) is 0 Å². The number of hydrogen-bond acceptors (Lipinski definition) is 7. The van der Waals surface area contributed by atoms with Gasteiger partial charge in [-0.15, -0.1) is 0 Å². The summed E-state index contributed by atoms with van der Waals surface area (Å²) < 4.78 is 5.35. The lowest BCUT2D eigenvalue weighted by Crippen LogP contribution is -2.30. The molecule has 0 saturated carbocycles. The summed E-state index contributed by atoms with van der Waals surface area (Å²) in [7, 11) is 4.02. The van der Waals surface area contributed by atoms with Gasteiger partial charge in [0, 0.05) is 12.6 Å². The molecule has 18 heavy (non-hydrogen) atoms. The summed E-state index contributed by atoms with van der Waals surface area (Å²) in [5, 5.41) is 3.17. The third-order valence-corrected chi connectivity index (χ3v) is 2.08. The van der Waals surface area contributed by atoms with Crippen molar-refractivity contribution in [1.82, 2.24) is 19.9 Å². The molecule has 0 bridgehead atoms. The molecular formula is C11H22N6O. The van der Waals surface area contributed by atoms with Crippen molar-refractivity contribution in [3.63, 3.8) is 0 Å². The van der Waals surface area contributed by atoms with Crippen molar-refractivity contribution in [1.29, 1.82) is 0 Å². The zero-order chi connectivity index (χ0) is 13.5. The lowest BCUT2D eigenvalue weighted by atomic mass is 10.3. The Labute approximate surface area is 108 Å². The summed E-state index contributed by atoms with van der Waals surface area (Å²) >= 11 is 0. The average Bonchev–Trinajstić information content (AvgIpc) is 2.24. The number of rotatable bonds is 7. The van der Waals surface area contributed by atoms with Crippen molar-refractivity contribution in [2.45, 2.75) is 26.3 Å². The van der Waals surface area contributed by atoms with Crippen molar-refractivity contribution in [2.75, 3.05) is 38.3 Å². The Bertz CT molecular complexity index is 371. The van der Waals surface area contributed by atoms with E-state index in [9.17, 15) is 0 Å². The highest BCUT2D eigenvalue weighted by atomic mass is 16.5. The van der Waals surface area contributed by atoms with Crippen molar-refractivity contribution in [3.05, 3.63) is 0 Å². The van der Waals surface area contributed by atoms with Crippen LogP contribution in [0.25, 0.3) is 0 Å². The van der Waals surface area contributed by atoms with Crippen LogP contribution in [-0.2, 0) is 0 Å². The molecular weight excluding hydrogens is 232 g/mol. The third-order valence-electron chi connectivity index (χ3n) is 2.08. The maximum Gasteiger partial charge on any atom is 0.323 e. The van der Waals surface area contributed by atoms with Gasteiger partial charge in [-0.05, 0) is 27.4 Å². The van der Waals surface area contributed by atoms with Gasteiger partial charge in [-0.3, -0.25) is 0 Å². The Balaban J connectivity index is 2.67. The number of nitrogen functional groups attached to an aromatic ring is 1. The van der Waals surface area contributed by atoms with Crippen LogP contribution in [0.1, 0.15) is 20.3 Å². The molecule has 1 aromatic heterocycles. The number of nitrogens with two attached hydrogens (primary N) is 1. The molecule has 0 radical (unpaired) electrons.